The van der Waals surface area contributed by atoms with Crippen molar-refractivity contribution in [2.24, 2.45) is 0 Å². The number of hydrogen-bond acceptors (Lipinski definition) is 4. The van der Waals surface area contributed by atoms with Crippen molar-refractivity contribution >= 4 is 10.0 Å². The van der Waals surface area contributed by atoms with Crippen LogP contribution in [0.2, 0.25) is 0 Å². The first-order valence-corrected chi connectivity index (χ1v) is 7.94. The van der Waals surface area contributed by atoms with E-state index in [4.69, 9.17) is 9.68 Å². The monoisotopic (exact) mass is 304 g/mol. The molecule has 0 unspecified atom stereocenters. The molecule has 0 aliphatic heterocycles. The average Bonchev–Trinajstić information content (AvgIpc) is 2.96. The Labute approximate surface area is 124 Å². The van der Waals surface area contributed by atoms with Gasteiger partial charge in [0, 0.05) is 13.0 Å². The first kappa shape index (κ1) is 15.3. The molecule has 5 nitrogen and oxygen atoms in total. The lowest BCUT2D eigenvalue weighted by molar-refractivity contribution is 0.368. The molecule has 0 N–H and O–H groups in total. The van der Waals surface area contributed by atoms with E-state index in [1.807, 2.05) is 13.0 Å². The SMILES string of the molecule is Cc1ccc(S(=O)(=O)N(CCC#N)Cc2ccco2)cc1. The van der Waals surface area contributed by atoms with Crippen LogP contribution in [-0.4, -0.2) is 19.3 Å². The molecule has 0 spiro atoms. The molecule has 0 fully saturated rings. The molecular formula is C15H16N2O3S. The van der Waals surface area contributed by atoms with Gasteiger partial charge in [0.1, 0.15) is 5.76 Å². The fraction of sp³-hybridized carbons (Fsp3) is 0.267. The molecule has 0 amide bonds. The van der Waals surface area contributed by atoms with Crippen molar-refractivity contribution < 1.29 is 12.8 Å². The van der Waals surface area contributed by atoms with Gasteiger partial charge in [-0.3, -0.25) is 0 Å². The van der Waals surface area contributed by atoms with Gasteiger partial charge in [-0.2, -0.15) is 9.57 Å². The highest BCUT2D eigenvalue weighted by molar-refractivity contribution is 7.89. The second kappa shape index (κ2) is 6.57. The summed E-state index contributed by atoms with van der Waals surface area (Å²) in [5, 5.41) is 8.72. The largest absolute Gasteiger partial charge is 0.468 e. The van der Waals surface area contributed by atoms with Crippen LogP contribution in [0.1, 0.15) is 17.7 Å². The molecule has 0 atom stereocenters. The smallest absolute Gasteiger partial charge is 0.243 e. The number of aryl methyl sites for hydroxylation is 1. The van der Waals surface area contributed by atoms with Gasteiger partial charge in [-0.1, -0.05) is 17.7 Å². The van der Waals surface area contributed by atoms with Gasteiger partial charge in [0.05, 0.1) is 23.8 Å². The van der Waals surface area contributed by atoms with E-state index in [0.717, 1.165) is 5.56 Å². The van der Waals surface area contributed by atoms with Crippen molar-refractivity contribution in [1.29, 1.82) is 5.26 Å². The molecule has 0 bridgehead atoms. The van der Waals surface area contributed by atoms with E-state index in [9.17, 15) is 8.42 Å². The van der Waals surface area contributed by atoms with Gasteiger partial charge in [-0.15, -0.1) is 0 Å². The number of sulfonamides is 1. The van der Waals surface area contributed by atoms with Crippen LogP contribution in [-0.2, 0) is 16.6 Å². The maximum Gasteiger partial charge on any atom is 0.243 e. The van der Waals surface area contributed by atoms with Crippen LogP contribution in [0.5, 0.6) is 0 Å². The van der Waals surface area contributed by atoms with Crippen LogP contribution in [0.3, 0.4) is 0 Å². The fourth-order valence-corrected chi connectivity index (χ4v) is 3.30. The molecule has 0 aliphatic rings. The summed E-state index contributed by atoms with van der Waals surface area (Å²) in [6.45, 7) is 2.14. The Hall–Kier alpha value is -2.10. The minimum atomic E-state index is -3.64. The molecule has 110 valence electrons. The van der Waals surface area contributed by atoms with Crippen molar-refractivity contribution in [1.82, 2.24) is 4.31 Å². The zero-order chi connectivity index (χ0) is 15.3. The van der Waals surface area contributed by atoms with Crippen molar-refractivity contribution in [3.63, 3.8) is 0 Å². The Morgan fingerprint density at radius 3 is 2.52 bits per heavy atom. The minimum absolute atomic E-state index is 0.116. The lowest BCUT2D eigenvalue weighted by Crippen LogP contribution is -2.31. The Bertz CT molecular complexity index is 713. The molecule has 1 heterocycles. The van der Waals surface area contributed by atoms with Gasteiger partial charge < -0.3 is 4.42 Å². The second-order valence-corrected chi connectivity index (χ2v) is 6.58. The maximum atomic E-state index is 12.7. The third kappa shape index (κ3) is 3.72. The predicted octanol–water partition coefficient (Wildman–Crippen LogP) is 2.69. The fourth-order valence-electron chi connectivity index (χ4n) is 1.89. The number of nitriles is 1. The second-order valence-electron chi connectivity index (χ2n) is 4.64. The molecular weight excluding hydrogens is 288 g/mol. The van der Waals surface area contributed by atoms with Gasteiger partial charge in [-0.05, 0) is 31.2 Å². The molecule has 0 radical (unpaired) electrons. The summed E-state index contributed by atoms with van der Waals surface area (Å²) in [5.74, 6) is 0.545. The predicted molar refractivity (Wildman–Crippen MR) is 77.7 cm³/mol. The van der Waals surface area contributed by atoms with Gasteiger partial charge in [0.25, 0.3) is 0 Å². The third-order valence-corrected chi connectivity index (χ3v) is 4.90. The van der Waals surface area contributed by atoms with Gasteiger partial charge >= 0.3 is 0 Å². The quantitative estimate of drug-likeness (QED) is 0.822. The molecule has 0 aliphatic carbocycles. The first-order chi connectivity index (χ1) is 10.0. The van der Waals surface area contributed by atoms with Crippen LogP contribution < -0.4 is 0 Å². The van der Waals surface area contributed by atoms with Gasteiger partial charge in [0.15, 0.2) is 0 Å². The van der Waals surface area contributed by atoms with Gasteiger partial charge in [0.2, 0.25) is 10.0 Å². The van der Waals surface area contributed by atoms with Crippen LogP contribution in [0.4, 0.5) is 0 Å². The van der Waals surface area contributed by atoms with Gasteiger partial charge in [-0.25, -0.2) is 8.42 Å². The highest BCUT2D eigenvalue weighted by Crippen LogP contribution is 2.19. The highest BCUT2D eigenvalue weighted by Gasteiger charge is 2.25. The molecule has 2 aromatic rings. The Kier molecular flexibility index (Phi) is 4.78. The molecule has 6 heteroatoms. The number of nitrogens with zero attached hydrogens (tertiary/aromatic N) is 2. The summed E-state index contributed by atoms with van der Waals surface area (Å²) in [7, 11) is -3.64. The summed E-state index contributed by atoms with van der Waals surface area (Å²) in [5.41, 5.74) is 0.989. The zero-order valence-corrected chi connectivity index (χ0v) is 12.5. The standard InChI is InChI=1S/C15H16N2O3S/c1-13-5-7-15(8-6-13)21(18,19)17(10-3-9-16)12-14-4-2-11-20-14/h2,4-8,11H,3,10,12H2,1H3. The van der Waals surface area contributed by atoms with Crippen molar-refractivity contribution in [2.75, 3.05) is 6.54 Å². The summed E-state index contributed by atoms with van der Waals surface area (Å²) < 4.78 is 31.8. The summed E-state index contributed by atoms with van der Waals surface area (Å²) in [4.78, 5) is 0.220. The summed E-state index contributed by atoms with van der Waals surface area (Å²) in [6, 6.07) is 12.0. The number of benzene rings is 1. The van der Waals surface area contributed by atoms with Crippen LogP contribution in [0.25, 0.3) is 0 Å². The molecule has 0 saturated carbocycles. The minimum Gasteiger partial charge on any atom is -0.468 e. The van der Waals surface area contributed by atoms with Crippen LogP contribution in [0.15, 0.2) is 52.0 Å². The lowest BCUT2D eigenvalue weighted by atomic mass is 10.2. The Morgan fingerprint density at radius 1 is 1.24 bits per heavy atom. The summed E-state index contributed by atoms with van der Waals surface area (Å²) in [6.07, 6.45) is 1.63. The topological polar surface area (TPSA) is 74.3 Å². The number of rotatable bonds is 6. The Morgan fingerprint density at radius 2 is 1.95 bits per heavy atom. The molecule has 1 aromatic heterocycles. The van der Waals surface area contributed by atoms with E-state index < -0.39 is 10.0 Å². The molecule has 0 saturated heterocycles. The van der Waals surface area contributed by atoms with Crippen molar-refractivity contribution in [3.8, 4) is 6.07 Å². The van der Waals surface area contributed by atoms with E-state index in [-0.39, 0.29) is 24.4 Å². The van der Waals surface area contributed by atoms with E-state index in [1.54, 1.807) is 36.4 Å². The third-order valence-electron chi connectivity index (χ3n) is 3.04. The summed E-state index contributed by atoms with van der Waals surface area (Å²) >= 11 is 0. The van der Waals surface area contributed by atoms with E-state index in [1.165, 1.54) is 10.6 Å². The number of furan rings is 1. The number of hydrogen-bond donors (Lipinski definition) is 0. The molecule has 21 heavy (non-hydrogen) atoms. The molecule has 1 aromatic carbocycles. The first-order valence-electron chi connectivity index (χ1n) is 6.50. The Balaban J connectivity index is 2.29. The molecule has 2 rings (SSSR count). The normalized spacial score (nSPS) is 11.5. The average molecular weight is 304 g/mol. The zero-order valence-electron chi connectivity index (χ0n) is 11.7. The van der Waals surface area contributed by atoms with Crippen molar-refractivity contribution in [2.45, 2.75) is 24.8 Å². The highest BCUT2D eigenvalue weighted by atomic mass is 32.2. The van der Waals surface area contributed by atoms with Crippen LogP contribution >= 0.6 is 0 Å². The van der Waals surface area contributed by atoms with E-state index >= 15 is 0 Å². The maximum absolute atomic E-state index is 12.7. The van der Waals surface area contributed by atoms with Crippen molar-refractivity contribution in [3.05, 3.63) is 54.0 Å². The van der Waals surface area contributed by atoms with E-state index in [2.05, 4.69) is 0 Å². The lowest BCUT2D eigenvalue weighted by Gasteiger charge is -2.20. The van der Waals surface area contributed by atoms with E-state index in [0.29, 0.717) is 5.76 Å². The van der Waals surface area contributed by atoms with Crippen LogP contribution in [0, 0.1) is 18.3 Å².